The van der Waals surface area contributed by atoms with Crippen molar-refractivity contribution in [1.82, 2.24) is 10.6 Å². The van der Waals surface area contributed by atoms with Gasteiger partial charge in [0.15, 0.2) is 0 Å². The van der Waals surface area contributed by atoms with Crippen LogP contribution in [0, 0.1) is 0 Å². The molecule has 5 heteroatoms. The molecule has 0 aliphatic rings. The van der Waals surface area contributed by atoms with Crippen LogP contribution in [0.5, 0.6) is 5.75 Å². The Hall–Kier alpha value is -1.26. The quantitative estimate of drug-likeness (QED) is 0.738. The number of ether oxygens (including phenoxy) is 1. The van der Waals surface area contributed by atoms with Crippen LogP contribution in [0.15, 0.2) is 24.3 Å². The molecule has 0 saturated heterocycles. The Labute approximate surface area is 115 Å². The van der Waals surface area contributed by atoms with Crippen LogP contribution in [-0.2, 0) is 11.2 Å². The highest BCUT2D eigenvalue weighted by atomic mass is 35.5. The minimum Gasteiger partial charge on any atom is -0.497 e. The number of hydrogen-bond acceptors (Lipinski definition) is 3. The fraction of sp³-hybridized carbons (Fsp3) is 0.462. The smallest absolute Gasteiger partial charge is 0.224 e. The molecule has 1 aromatic carbocycles. The van der Waals surface area contributed by atoms with Crippen LogP contribution in [0.25, 0.3) is 0 Å². The molecule has 0 saturated carbocycles. The van der Waals surface area contributed by atoms with Crippen LogP contribution in [0.4, 0.5) is 0 Å². The van der Waals surface area contributed by atoms with Gasteiger partial charge in [-0.3, -0.25) is 4.79 Å². The molecule has 102 valence electrons. The molecule has 2 N–H and O–H groups in total. The predicted molar refractivity (Wildman–Crippen MR) is 75.5 cm³/mol. The number of carbonyl (C=O) groups excluding carboxylic acids is 1. The van der Waals surface area contributed by atoms with Gasteiger partial charge in [-0.25, -0.2) is 0 Å². The second-order valence-electron chi connectivity index (χ2n) is 3.84. The van der Waals surface area contributed by atoms with Gasteiger partial charge in [0.25, 0.3) is 0 Å². The molecule has 1 amide bonds. The largest absolute Gasteiger partial charge is 0.497 e. The summed E-state index contributed by atoms with van der Waals surface area (Å²) >= 11 is 0. The summed E-state index contributed by atoms with van der Waals surface area (Å²) in [6.07, 6.45) is 1.34. The lowest BCUT2D eigenvalue weighted by atomic mass is 10.1. The van der Waals surface area contributed by atoms with Crippen molar-refractivity contribution in [3.05, 3.63) is 29.8 Å². The highest BCUT2D eigenvalue weighted by molar-refractivity contribution is 5.85. The molecule has 0 atom stereocenters. The van der Waals surface area contributed by atoms with E-state index in [1.54, 1.807) is 7.11 Å². The lowest BCUT2D eigenvalue weighted by Crippen LogP contribution is -2.27. The van der Waals surface area contributed by atoms with Crippen LogP contribution in [-0.4, -0.2) is 33.2 Å². The van der Waals surface area contributed by atoms with Crippen molar-refractivity contribution in [3.8, 4) is 5.75 Å². The van der Waals surface area contributed by atoms with E-state index in [1.807, 2.05) is 31.3 Å². The molecule has 0 bridgehead atoms. The van der Waals surface area contributed by atoms with Gasteiger partial charge >= 0.3 is 0 Å². The minimum atomic E-state index is 0. The number of halogens is 1. The fourth-order valence-corrected chi connectivity index (χ4v) is 1.52. The molecule has 0 heterocycles. The van der Waals surface area contributed by atoms with E-state index in [1.165, 1.54) is 0 Å². The molecular weight excluding hydrogens is 252 g/mol. The van der Waals surface area contributed by atoms with Crippen molar-refractivity contribution in [2.75, 3.05) is 27.2 Å². The number of hydrogen-bond donors (Lipinski definition) is 2. The van der Waals surface area contributed by atoms with Crippen LogP contribution in [0.2, 0.25) is 0 Å². The molecular formula is C13H21ClN2O2. The highest BCUT2D eigenvalue weighted by Gasteiger charge is 2.03. The Morgan fingerprint density at radius 1 is 1.33 bits per heavy atom. The third-order valence-electron chi connectivity index (χ3n) is 2.42. The summed E-state index contributed by atoms with van der Waals surface area (Å²) in [6, 6.07) is 7.57. The van der Waals surface area contributed by atoms with E-state index >= 15 is 0 Å². The number of carbonyl (C=O) groups is 1. The Morgan fingerprint density at radius 3 is 2.78 bits per heavy atom. The Kier molecular flexibility index (Phi) is 9.06. The van der Waals surface area contributed by atoms with E-state index in [-0.39, 0.29) is 18.3 Å². The molecule has 0 spiro atoms. The summed E-state index contributed by atoms with van der Waals surface area (Å²) in [5, 5.41) is 5.92. The topological polar surface area (TPSA) is 50.4 Å². The maximum atomic E-state index is 11.6. The van der Waals surface area contributed by atoms with E-state index in [2.05, 4.69) is 10.6 Å². The van der Waals surface area contributed by atoms with Crippen molar-refractivity contribution in [2.45, 2.75) is 12.8 Å². The van der Waals surface area contributed by atoms with Crippen LogP contribution in [0.3, 0.4) is 0 Å². The maximum Gasteiger partial charge on any atom is 0.224 e. The third-order valence-corrected chi connectivity index (χ3v) is 2.42. The SMILES string of the molecule is CNCCCNC(=O)Cc1cccc(OC)c1.Cl. The molecule has 1 aromatic rings. The van der Waals surface area contributed by atoms with E-state index in [4.69, 9.17) is 4.74 Å². The van der Waals surface area contributed by atoms with Gasteiger partial charge in [0.1, 0.15) is 5.75 Å². The molecule has 0 aliphatic heterocycles. The van der Waals surface area contributed by atoms with E-state index in [9.17, 15) is 4.79 Å². The molecule has 1 rings (SSSR count). The van der Waals surface area contributed by atoms with Crippen molar-refractivity contribution in [1.29, 1.82) is 0 Å². The van der Waals surface area contributed by atoms with Crippen molar-refractivity contribution in [2.24, 2.45) is 0 Å². The van der Waals surface area contributed by atoms with Gasteiger partial charge in [0.2, 0.25) is 5.91 Å². The molecule has 0 aromatic heterocycles. The first-order valence-corrected chi connectivity index (χ1v) is 5.80. The average molecular weight is 273 g/mol. The first-order valence-electron chi connectivity index (χ1n) is 5.80. The molecule has 18 heavy (non-hydrogen) atoms. The highest BCUT2D eigenvalue weighted by Crippen LogP contribution is 2.12. The van der Waals surface area contributed by atoms with Gasteiger partial charge in [0, 0.05) is 6.54 Å². The zero-order chi connectivity index (χ0) is 12.5. The zero-order valence-corrected chi connectivity index (χ0v) is 11.7. The fourth-order valence-electron chi connectivity index (χ4n) is 1.52. The van der Waals surface area contributed by atoms with Crippen molar-refractivity contribution >= 4 is 18.3 Å². The van der Waals surface area contributed by atoms with Gasteiger partial charge in [0.05, 0.1) is 13.5 Å². The summed E-state index contributed by atoms with van der Waals surface area (Å²) in [5.74, 6) is 0.833. The van der Waals surface area contributed by atoms with Gasteiger partial charge in [-0.2, -0.15) is 0 Å². The number of nitrogens with one attached hydrogen (secondary N) is 2. The lowest BCUT2D eigenvalue weighted by molar-refractivity contribution is -0.120. The second-order valence-corrected chi connectivity index (χ2v) is 3.84. The number of amides is 1. The molecule has 0 fully saturated rings. The number of benzene rings is 1. The molecule has 0 aliphatic carbocycles. The second kappa shape index (κ2) is 9.74. The average Bonchev–Trinajstić information content (AvgIpc) is 2.35. The predicted octanol–water partition coefficient (Wildman–Crippen LogP) is 1.39. The summed E-state index contributed by atoms with van der Waals surface area (Å²) in [7, 11) is 3.52. The van der Waals surface area contributed by atoms with Crippen molar-refractivity contribution in [3.63, 3.8) is 0 Å². The van der Waals surface area contributed by atoms with Gasteiger partial charge in [-0.1, -0.05) is 12.1 Å². The number of methoxy groups -OCH3 is 1. The van der Waals surface area contributed by atoms with Crippen molar-refractivity contribution < 1.29 is 9.53 Å². The van der Waals surface area contributed by atoms with Gasteiger partial charge in [-0.05, 0) is 37.7 Å². The number of rotatable bonds is 7. The molecule has 0 unspecified atom stereocenters. The van der Waals surface area contributed by atoms with E-state index < -0.39 is 0 Å². The standard InChI is InChI=1S/C13H20N2O2.ClH/c1-14-7-4-8-15-13(16)10-11-5-3-6-12(9-11)17-2;/h3,5-6,9,14H,4,7-8,10H2,1-2H3,(H,15,16);1H. The summed E-state index contributed by atoms with van der Waals surface area (Å²) in [5.41, 5.74) is 0.968. The first kappa shape index (κ1) is 16.7. The normalized spacial score (nSPS) is 9.44. The van der Waals surface area contributed by atoms with Gasteiger partial charge < -0.3 is 15.4 Å². The Bertz CT molecular complexity index is 359. The molecule has 4 nitrogen and oxygen atoms in total. The Morgan fingerprint density at radius 2 is 2.11 bits per heavy atom. The Balaban J connectivity index is 0.00000289. The third kappa shape index (κ3) is 6.47. The first-order chi connectivity index (χ1) is 8.26. The summed E-state index contributed by atoms with van der Waals surface area (Å²) < 4.78 is 5.11. The summed E-state index contributed by atoms with van der Waals surface area (Å²) in [6.45, 7) is 1.63. The van der Waals surface area contributed by atoms with Crippen LogP contribution < -0.4 is 15.4 Å². The monoisotopic (exact) mass is 272 g/mol. The van der Waals surface area contributed by atoms with Crippen LogP contribution >= 0.6 is 12.4 Å². The minimum absolute atomic E-state index is 0. The zero-order valence-electron chi connectivity index (χ0n) is 10.9. The lowest BCUT2D eigenvalue weighted by Gasteiger charge is -2.06. The van der Waals surface area contributed by atoms with E-state index in [0.29, 0.717) is 13.0 Å². The van der Waals surface area contributed by atoms with Crippen LogP contribution in [0.1, 0.15) is 12.0 Å². The summed E-state index contributed by atoms with van der Waals surface area (Å²) in [4.78, 5) is 11.6. The maximum absolute atomic E-state index is 11.6. The van der Waals surface area contributed by atoms with Gasteiger partial charge in [-0.15, -0.1) is 12.4 Å². The van der Waals surface area contributed by atoms with E-state index in [0.717, 1.165) is 24.3 Å². The molecule has 0 radical (unpaired) electrons.